The van der Waals surface area contributed by atoms with E-state index in [1.807, 2.05) is 0 Å². The number of esters is 1. The van der Waals surface area contributed by atoms with Gasteiger partial charge < -0.3 is 13.9 Å². The van der Waals surface area contributed by atoms with Crippen molar-refractivity contribution in [2.45, 2.75) is 26.4 Å². The summed E-state index contributed by atoms with van der Waals surface area (Å²) >= 11 is 0. The summed E-state index contributed by atoms with van der Waals surface area (Å²) in [7, 11) is 1.54. The maximum atomic E-state index is 11.5. The van der Waals surface area contributed by atoms with E-state index in [2.05, 4.69) is 4.98 Å². The third-order valence-electron chi connectivity index (χ3n) is 2.09. The third-order valence-corrected chi connectivity index (χ3v) is 2.09. The van der Waals surface area contributed by atoms with Gasteiger partial charge in [-0.15, -0.1) is 0 Å². The molecule has 15 heavy (non-hydrogen) atoms. The monoisotopic (exact) mass is 213 g/mol. The number of carbonyl (C=O) groups is 1. The van der Waals surface area contributed by atoms with E-state index in [9.17, 15) is 4.79 Å². The average molecular weight is 213 g/mol. The molecule has 84 valence electrons. The number of hydrogen-bond acceptors (Lipinski definition) is 5. The third kappa shape index (κ3) is 2.36. The number of carbonyl (C=O) groups excluding carboxylic acids is 1. The molecule has 5 nitrogen and oxygen atoms in total. The van der Waals surface area contributed by atoms with Gasteiger partial charge >= 0.3 is 5.97 Å². The maximum absolute atomic E-state index is 11.5. The Morgan fingerprint density at radius 3 is 2.80 bits per heavy atom. The van der Waals surface area contributed by atoms with Crippen molar-refractivity contribution in [3.8, 4) is 0 Å². The normalized spacial score (nSPS) is 11.5. The molecular weight excluding hydrogens is 198 g/mol. The van der Waals surface area contributed by atoms with Crippen molar-refractivity contribution in [3.63, 3.8) is 0 Å². The van der Waals surface area contributed by atoms with Crippen molar-refractivity contribution < 1.29 is 18.7 Å². The first-order chi connectivity index (χ1) is 7.03. The highest BCUT2D eigenvalue weighted by molar-refractivity contribution is 5.88. The van der Waals surface area contributed by atoms with Crippen molar-refractivity contribution in [2.24, 2.45) is 0 Å². The van der Waals surface area contributed by atoms with E-state index in [0.717, 1.165) is 0 Å². The predicted octanol–water partition coefficient (Wildman–Crippen LogP) is 1.73. The smallest absolute Gasteiger partial charge is 0.360 e. The summed E-state index contributed by atoms with van der Waals surface area (Å²) in [5, 5.41) is 0. The van der Waals surface area contributed by atoms with Crippen LogP contribution in [0.2, 0.25) is 0 Å². The van der Waals surface area contributed by atoms with Crippen molar-refractivity contribution >= 4 is 5.97 Å². The van der Waals surface area contributed by atoms with Gasteiger partial charge in [-0.05, 0) is 20.8 Å². The van der Waals surface area contributed by atoms with Crippen molar-refractivity contribution in [3.05, 3.63) is 17.8 Å². The Morgan fingerprint density at radius 2 is 2.27 bits per heavy atom. The summed E-state index contributed by atoms with van der Waals surface area (Å²) in [5.74, 6) is -0.116. The van der Waals surface area contributed by atoms with E-state index < -0.39 is 11.6 Å². The number of aromatic nitrogens is 1. The lowest BCUT2D eigenvalue weighted by atomic mass is 10.0. The Morgan fingerprint density at radius 1 is 1.60 bits per heavy atom. The second-order valence-corrected chi connectivity index (χ2v) is 3.46. The Bertz CT molecular complexity index is 343. The molecule has 0 bridgehead atoms. The van der Waals surface area contributed by atoms with Gasteiger partial charge in [0, 0.05) is 7.11 Å². The Balaban J connectivity index is 3.01. The van der Waals surface area contributed by atoms with Gasteiger partial charge in [-0.25, -0.2) is 9.78 Å². The Kier molecular flexibility index (Phi) is 3.47. The summed E-state index contributed by atoms with van der Waals surface area (Å²) in [6.45, 7) is 5.62. The highest BCUT2D eigenvalue weighted by atomic mass is 16.5. The Hall–Kier alpha value is -1.36. The molecule has 0 saturated carbocycles. The molecule has 0 aromatic carbocycles. The van der Waals surface area contributed by atoms with Crippen LogP contribution in [0, 0.1) is 0 Å². The highest BCUT2D eigenvalue weighted by Gasteiger charge is 2.31. The fourth-order valence-corrected chi connectivity index (χ4v) is 1.11. The predicted molar refractivity (Wildman–Crippen MR) is 52.5 cm³/mol. The van der Waals surface area contributed by atoms with E-state index in [4.69, 9.17) is 13.9 Å². The standard InChI is InChI=1S/C10H15NO4/c1-5-14-9(12)7-8(15-6-11-7)10(2,3)13-4/h6H,5H2,1-4H3. The summed E-state index contributed by atoms with van der Waals surface area (Å²) in [6.07, 6.45) is 1.21. The summed E-state index contributed by atoms with van der Waals surface area (Å²) < 4.78 is 15.2. The Labute approximate surface area is 88.4 Å². The van der Waals surface area contributed by atoms with Gasteiger partial charge in [0.25, 0.3) is 0 Å². The van der Waals surface area contributed by atoms with Crippen molar-refractivity contribution in [1.82, 2.24) is 4.98 Å². The summed E-state index contributed by atoms with van der Waals surface area (Å²) in [6, 6.07) is 0. The molecule has 0 amide bonds. The van der Waals surface area contributed by atoms with Gasteiger partial charge in [0.2, 0.25) is 0 Å². The van der Waals surface area contributed by atoms with Gasteiger partial charge in [-0.3, -0.25) is 0 Å². The van der Waals surface area contributed by atoms with E-state index in [0.29, 0.717) is 12.4 Å². The fraction of sp³-hybridized carbons (Fsp3) is 0.600. The van der Waals surface area contributed by atoms with Crippen LogP contribution in [0.25, 0.3) is 0 Å². The second-order valence-electron chi connectivity index (χ2n) is 3.46. The van der Waals surface area contributed by atoms with Gasteiger partial charge in [-0.1, -0.05) is 0 Å². The van der Waals surface area contributed by atoms with Crippen LogP contribution in [-0.4, -0.2) is 24.7 Å². The molecule has 0 spiro atoms. The van der Waals surface area contributed by atoms with E-state index in [1.54, 1.807) is 20.8 Å². The minimum atomic E-state index is -0.696. The lowest BCUT2D eigenvalue weighted by Gasteiger charge is -2.20. The molecule has 0 aliphatic heterocycles. The van der Waals surface area contributed by atoms with Gasteiger partial charge in [-0.2, -0.15) is 0 Å². The minimum Gasteiger partial charge on any atom is -0.461 e. The lowest BCUT2D eigenvalue weighted by Crippen LogP contribution is -2.22. The van der Waals surface area contributed by atoms with Gasteiger partial charge in [0.05, 0.1) is 6.61 Å². The first kappa shape index (κ1) is 11.7. The van der Waals surface area contributed by atoms with Crippen LogP contribution in [0.15, 0.2) is 10.8 Å². The number of hydrogen-bond donors (Lipinski definition) is 0. The van der Waals surface area contributed by atoms with E-state index in [1.165, 1.54) is 13.5 Å². The topological polar surface area (TPSA) is 61.6 Å². The molecule has 0 radical (unpaired) electrons. The number of ether oxygens (including phenoxy) is 2. The van der Waals surface area contributed by atoms with Crippen molar-refractivity contribution in [2.75, 3.05) is 13.7 Å². The summed E-state index contributed by atoms with van der Waals surface area (Å²) in [5.41, 5.74) is -0.526. The van der Waals surface area contributed by atoms with Crippen LogP contribution in [0.1, 0.15) is 37.0 Å². The zero-order valence-corrected chi connectivity index (χ0v) is 9.36. The molecule has 0 saturated heterocycles. The number of methoxy groups -OCH3 is 1. The summed E-state index contributed by atoms with van der Waals surface area (Å²) in [4.78, 5) is 15.3. The van der Waals surface area contributed by atoms with Gasteiger partial charge in [0.1, 0.15) is 5.60 Å². The van der Waals surface area contributed by atoms with Crippen LogP contribution >= 0.6 is 0 Å². The molecule has 0 atom stereocenters. The lowest BCUT2D eigenvalue weighted by molar-refractivity contribution is -0.00120. The van der Waals surface area contributed by atoms with E-state index in [-0.39, 0.29) is 5.69 Å². The number of oxazole rings is 1. The minimum absolute atomic E-state index is 0.170. The highest BCUT2D eigenvalue weighted by Crippen LogP contribution is 2.26. The largest absolute Gasteiger partial charge is 0.461 e. The van der Waals surface area contributed by atoms with Crippen LogP contribution in [0.4, 0.5) is 0 Å². The molecule has 0 aliphatic rings. The average Bonchev–Trinajstić information content (AvgIpc) is 2.67. The number of rotatable bonds is 4. The first-order valence-corrected chi connectivity index (χ1v) is 4.69. The molecule has 1 heterocycles. The molecule has 1 rings (SSSR count). The van der Waals surface area contributed by atoms with E-state index >= 15 is 0 Å². The molecule has 0 aliphatic carbocycles. The molecular formula is C10H15NO4. The SMILES string of the molecule is CCOC(=O)c1ncoc1C(C)(C)OC. The molecule has 5 heteroatoms. The van der Waals surface area contributed by atoms with Crippen LogP contribution in [0.5, 0.6) is 0 Å². The van der Waals surface area contributed by atoms with Crippen molar-refractivity contribution in [1.29, 1.82) is 0 Å². The first-order valence-electron chi connectivity index (χ1n) is 4.69. The molecule has 1 aromatic heterocycles. The van der Waals surface area contributed by atoms with Crippen LogP contribution in [-0.2, 0) is 15.1 Å². The molecule has 0 N–H and O–H groups in total. The fourth-order valence-electron chi connectivity index (χ4n) is 1.11. The molecule has 0 unspecified atom stereocenters. The zero-order chi connectivity index (χ0) is 11.5. The van der Waals surface area contributed by atoms with Crippen LogP contribution < -0.4 is 0 Å². The number of nitrogens with zero attached hydrogens (tertiary/aromatic N) is 1. The molecule has 1 aromatic rings. The maximum Gasteiger partial charge on any atom is 0.360 e. The zero-order valence-electron chi connectivity index (χ0n) is 9.36. The molecule has 0 fully saturated rings. The van der Waals surface area contributed by atoms with Gasteiger partial charge in [0.15, 0.2) is 17.8 Å². The van der Waals surface area contributed by atoms with Crippen LogP contribution in [0.3, 0.4) is 0 Å². The second kappa shape index (κ2) is 4.44. The quantitative estimate of drug-likeness (QED) is 0.713.